The Bertz CT molecular complexity index is 1100. The molecule has 1 aliphatic heterocycles. The lowest BCUT2D eigenvalue weighted by Crippen LogP contribution is -2.30. The second kappa shape index (κ2) is 8.52. The molecule has 1 fully saturated rings. The predicted molar refractivity (Wildman–Crippen MR) is 122 cm³/mol. The van der Waals surface area contributed by atoms with Crippen LogP contribution in [0.1, 0.15) is 10.9 Å². The zero-order valence-electron chi connectivity index (χ0n) is 15.8. The van der Waals surface area contributed by atoms with E-state index in [0.29, 0.717) is 17.2 Å². The summed E-state index contributed by atoms with van der Waals surface area (Å²) in [5.41, 5.74) is 2.91. The Labute approximate surface area is 184 Å². The van der Waals surface area contributed by atoms with Crippen LogP contribution in [-0.4, -0.2) is 32.1 Å². The minimum Gasteiger partial charge on any atom is -0.496 e. The molecule has 150 valence electrons. The van der Waals surface area contributed by atoms with Gasteiger partial charge in [0, 0.05) is 22.3 Å². The summed E-state index contributed by atoms with van der Waals surface area (Å²) in [6.45, 7) is 0.466. The number of rotatable bonds is 5. The van der Waals surface area contributed by atoms with Gasteiger partial charge in [0.15, 0.2) is 0 Å². The maximum Gasteiger partial charge on any atom is 0.244 e. The van der Waals surface area contributed by atoms with Crippen molar-refractivity contribution in [2.75, 3.05) is 19.4 Å². The van der Waals surface area contributed by atoms with Crippen LogP contribution < -0.4 is 4.74 Å². The van der Waals surface area contributed by atoms with Crippen molar-refractivity contribution in [3.05, 3.63) is 82.8 Å². The van der Waals surface area contributed by atoms with Crippen LogP contribution in [0.3, 0.4) is 0 Å². The predicted octanol–water partition coefficient (Wildman–Crippen LogP) is 5.56. The monoisotopic (exact) mass is 489 g/mol. The van der Waals surface area contributed by atoms with Crippen LogP contribution in [0.15, 0.2) is 82.2 Å². The third kappa shape index (κ3) is 4.10. The Hall–Kier alpha value is -1.80. The van der Waals surface area contributed by atoms with Gasteiger partial charge >= 0.3 is 0 Å². The van der Waals surface area contributed by atoms with Crippen molar-refractivity contribution >= 4 is 37.7 Å². The summed E-state index contributed by atoms with van der Waals surface area (Å²) in [6, 6.07) is 22.7. The highest BCUT2D eigenvalue weighted by atomic mass is 79.9. The molecule has 0 unspecified atom stereocenters. The number of hydrogen-bond acceptors (Lipinski definition) is 4. The number of methoxy groups -OCH3 is 1. The van der Waals surface area contributed by atoms with Gasteiger partial charge in [0.25, 0.3) is 0 Å². The first-order chi connectivity index (χ1) is 14.0. The van der Waals surface area contributed by atoms with Gasteiger partial charge in [-0.3, -0.25) is 0 Å². The molecule has 0 bridgehead atoms. The standard InChI is InChI=1S/C22H20BrNO3S2/c1-27-21-12-9-18(23)15-20(21)22-24(13-14-28-22)29(25,26)19-10-7-17(8-11-19)16-5-3-2-4-6-16/h2-12,15,22H,13-14H2,1H3/t22-/m1/s1. The number of ether oxygens (including phenoxy) is 1. The van der Waals surface area contributed by atoms with E-state index in [1.54, 1.807) is 35.3 Å². The van der Waals surface area contributed by atoms with Crippen molar-refractivity contribution in [3.8, 4) is 16.9 Å². The number of thioether (sulfide) groups is 1. The fourth-order valence-electron chi connectivity index (χ4n) is 3.43. The smallest absolute Gasteiger partial charge is 0.244 e. The zero-order chi connectivity index (χ0) is 20.4. The van der Waals surface area contributed by atoms with E-state index in [4.69, 9.17) is 4.74 Å². The summed E-state index contributed by atoms with van der Waals surface area (Å²) in [5.74, 6) is 1.43. The van der Waals surface area contributed by atoms with Crippen molar-refractivity contribution in [2.24, 2.45) is 0 Å². The van der Waals surface area contributed by atoms with Gasteiger partial charge < -0.3 is 4.74 Å². The van der Waals surface area contributed by atoms with Gasteiger partial charge in [-0.05, 0) is 41.5 Å². The molecule has 29 heavy (non-hydrogen) atoms. The number of sulfonamides is 1. The number of halogens is 1. The van der Waals surface area contributed by atoms with E-state index < -0.39 is 10.0 Å². The van der Waals surface area contributed by atoms with Crippen LogP contribution in [0.4, 0.5) is 0 Å². The highest BCUT2D eigenvalue weighted by molar-refractivity contribution is 9.10. The fourth-order valence-corrected chi connectivity index (χ4v) is 7.06. The van der Waals surface area contributed by atoms with Crippen LogP contribution in [0.5, 0.6) is 5.75 Å². The Kier molecular flexibility index (Phi) is 6.01. The van der Waals surface area contributed by atoms with Crippen LogP contribution in [0.2, 0.25) is 0 Å². The Morgan fingerprint density at radius 3 is 2.38 bits per heavy atom. The van der Waals surface area contributed by atoms with E-state index in [-0.39, 0.29) is 5.37 Å². The fraction of sp³-hybridized carbons (Fsp3) is 0.182. The maximum absolute atomic E-state index is 13.4. The summed E-state index contributed by atoms with van der Waals surface area (Å²) in [7, 11) is -2.03. The molecule has 0 aromatic heterocycles. The number of hydrogen-bond donors (Lipinski definition) is 0. The number of nitrogens with zero attached hydrogens (tertiary/aromatic N) is 1. The summed E-state index contributed by atoms with van der Waals surface area (Å²) in [4.78, 5) is 0.304. The SMILES string of the molecule is COc1ccc(Br)cc1[C@H]1SCCN1S(=O)(=O)c1ccc(-c2ccccc2)cc1. The van der Waals surface area contributed by atoms with Crippen molar-refractivity contribution < 1.29 is 13.2 Å². The van der Waals surface area contributed by atoms with Gasteiger partial charge in [0.05, 0.1) is 17.4 Å². The molecule has 0 aliphatic carbocycles. The molecule has 4 rings (SSSR count). The molecule has 0 saturated carbocycles. The zero-order valence-corrected chi connectivity index (χ0v) is 19.0. The molecule has 1 atom stereocenters. The molecule has 0 radical (unpaired) electrons. The molecule has 0 N–H and O–H groups in total. The first-order valence-corrected chi connectivity index (χ1v) is 12.4. The van der Waals surface area contributed by atoms with Crippen molar-refractivity contribution in [2.45, 2.75) is 10.3 Å². The molecule has 1 heterocycles. The number of benzene rings is 3. The van der Waals surface area contributed by atoms with Gasteiger partial charge in [-0.1, -0.05) is 58.4 Å². The largest absolute Gasteiger partial charge is 0.496 e. The minimum absolute atomic E-state index is 0.304. The Morgan fingerprint density at radius 1 is 1.00 bits per heavy atom. The van der Waals surface area contributed by atoms with Gasteiger partial charge in [0.1, 0.15) is 5.75 Å². The molecular weight excluding hydrogens is 470 g/mol. The molecule has 7 heteroatoms. The topological polar surface area (TPSA) is 46.6 Å². The van der Waals surface area contributed by atoms with Crippen LogP contribution in [0.25, 0.3) is 11.1 Å². The van der Waals surface area contributed by atoms with Gasteiger partial charge in [0.2, 0.25) is 10.0 Å². The van der Waals surface area contributed by atoms with Gasteiger partial charge in [-0.25, -0.2) is 8.42 Å². The first-order valence-electron chi connectivity index (χ1n) is 9.13. The molecule has 3 aromatic rings. The molecule has 3 aromatic carbocycles. The van der Waals surface area contributed by atoms with E-state index >= 15 is 0 Å². The second-order valence-electron chi connectivity index (χ2n) is 6.62. The average molecular weight is 490 g/mol. The Balaban J connectivity index is 1.67. The highest BCUT2D eigenvalue weighted by Crippen LogP contribution is 2.45. The van der Waals surface area contributed by atoms with E-state index in [1.165, 1.54) is 0 Å². The van der Waals surface area contributed by atoms with E-state index in [9.17, 15) is 8.42 Å². The van der Waals surface area contributed by atoms with Crippen molar-refractivity contribution in [3.63, 3.8) is 0 Å². The lowest BCUT2D eigenvalue weighted by Gasteiger charge is -2.25. The van der Waals surface area contributed by atoms with E-state index in [0.717, 1.165) is 26.9 Å². The normalized spacial score (nSPS) is 17.4. The quantitative estimate of drug-likeness (QED) is 0.470. The summed E-state index contributed by atoms with van der Waals surface area (Å²) in [5, 5.41) is -0.318. The third-order valence-electron chi connectivity index (χ3n) is 4.87. The maximum atomic E-state index is 13.4. The van der Waals surface area contributed by atoms with Crippen LogP contribution in [-0.2, 0) is 10.0 Å². The summed E-state index contributed by atoms with van der Waals surface area (Å²) in [6.07, 6.45) is 0. The highest BCUT2D eigenvalue weighted by Gasteiger charge is 2.38. The second-order valence-corrected chi connectivity index (χ2v) is 10.6. The summed E-state index contributed by atoms with van der Waals surface area (Å²) < 4.78 is 34.8. The summed E-state index contributed by atoms with van der Waals surface area (Å²) >= 11 is 5.09. The van der Waals surface area contributed by atoms with Gasteiger partial charge in [-0.15, -0.1) is 11.8 Å². The van der Waals surface area contributed by atoms with E-state index in [1.807, 2.05) is 60.7 Å². The Morgan fingerprint density at radius 2 is 1.69 bits per heavy atom. The molecule has 1 aliphatic rings. The molecule has 1 saturated heterocycles. The lowest BCUT2D eigenvalue weighted by atomic mass is 10.1. The van der Waals surface area contributed by atoms with Crippen LogP contribution >= 0.6 is 27.7 Å². The first kappa shape index (κ1) is 20.5. The minimum atomic E-state index is -3.63. The van der Waals surface area contributed by atoms with Crippen molar-refractivity contribution in [1.82, 2.24) is 4.31 Å². The van der Waals surface area contributed by atoms with E-state index in [2.05, 4.69) is 15.9 Å². The lowest BCUT2D eigenvalue weighted by molar-refractivity contribution is 0.390. The van der Waals surface area contributed by atoms with Crippen LogP contribution in [0, 0.1) is 0 Å². The average Bonchev–Trinajstić information content (AvgIpc) is 3.25. The molecule has 0 spiro atoms. The molecule has 0 amide bonds. The third-order valence-corrected chi connectivity index (χ3v) is 8.62. The van der Waals surface area contributed by atoms with Gasteiger partial charge in [-0.2, -0.15) is 4.31 Å². The van der Waals surface area contributed by atoms with Crippen molar-refractivity contribution in [1.29, 1.82) is 0 Å². The molecular formula is C22H20BrNO3S2. The molecule has 4 nitrogen and oxygen atoms in total.